The van der Waals surface area contributed by atoms with Crippen molar-refractivity contribution in [2.24, 2.45) is 5.92 Å². The molecule has 2 unspecified atom stereocenters. The van der Waals surface area contributed by atoms with E-state index in [-0.39, 0.29) is 15.9 Å². The average molecular weight is 458 g/mol. The van der Waals surface area contributed by atoms with Crippen LogP contribution in [-0.4, -0.2) is 26.6 Å². The molecule has 0 saturated carbocycles. The summed E-state index contributed by atoms with van der Waals surface area (Å²) in [6.45, 7) is 3.00. The van der Waals surface area contributed by atoms with Gasteiger partial charge >= 0.3 is 6.18 Å². The van der Waals surface area contributed by atoms with Gasteiger partial charge in [-0.2, -0.15) is 13.2 Å². The van der Waals surface area contributed by atoms with Crippen LogP contribution >= 0.6 is 11.6 Å². The van der Waals surface area contributed by atoms with E-state index in [4.69, 9.17) is 11.6 Å². The maximum atomic E-state index is 14.3. The van der Waals surface area contributed by atoms with Gasteiger partial charge in [-0.3, -0.25) is 4.79 Å². The summed E-state index contributed by atoms with van der Waals surface area (Å²) in [6.07, 6.45) is -4.80. The molecule has 1 aromatic heterocycles. The van der Waals surface area contributed by atoms with Crippen LogP contribution in [0.25, 0.3) is 10.9 Å². The number of fused-ring (bicyclic) bond motifs is 1. The molecule has 0 amide bonds. The van der Waals surface area contributed by atoms with E-state index in [1.54, 1.807) is 0 Å². The van der Waals surface area contributed by atoms with Gasteiger partial charge in [0.15, 0.2) is 11.0 Å². The fourth-order valence-corrected chi connectivity index (χ4v) is 4.03. The molecule has 0 fully saturated rings. The first-order valence-electron chi connectivity index (χ1n) is 9.43. The number of rotatable bonds is 5. The molecule has 0 aliphatic carbocycles. The molecule has 0 radical (unpaired) electrons. The second-order valence-corrected chi connectivity index (χ2v) is 8.31. The fourth-order valence-electron chi connectivity index (χ4n) is 3.86. The Bertz CT molecular complexity index is 1180. The van der Waals surface area contributed by atoms with Crippen molar-refractivity contribution in [2.45, 2.75) is 38.1 Å². The molecular formula is C22H20ClF4NO3. The van der Waals surface area contributed by atoms with E-state index >= 15 is 0 Å². The van der Waals surface area contributed by atoms with Crippen molar-refractivity contribution in [1.82, 2.24) is 4.57 Å². The second kappa shape index (κ2) is 8.16. The minimum Gasteiger partial charge on any atom is -0.508 e. The highest BCUT2D eigenvalue weighted by molar-refractivity contribution is 6.31. The predicted molar refractivity (Wildman–Crippen MR) is 110 cm³/mol. The summed E-state index contributed by atoms with van der Waals surface area (Å²) in [5.41, 5.74) is -4.32. The first-order chi connectivity index (χ1) is 14.3. The van der Waals surface area contributed by atoms with Crippen molar-refractivity contribution >= 4 is 22.5 Å². The Morgan fingerprint density at radius 3 is 2.39 bits per heavy atom. The number of nitrogens with zero attached hydrogens (tertiary/aromatic N) is 1. The lowest BCUT2D eigenvalue weighted by Gasteiger charge is -2.41. The quantitative estimate of drug-likeness (QED) is 0.502. The van der Waals surface area contributed by atoms with Gasteiger partial charge in [-0.25, -0.2) is 4.39 Å². The molecule has 2 atom stereocenters. The van der Waals surface area contributed by atoms with Gasteiger partial charge in [0.1, 0.15) is 11.6 Å². The Kier molecular flexibility index (Phi) is 6.08. The zero-order chi connectivity index (χ0) is 23.1. The predicted octanol–water partition coefficient (Wildman–Crippen LogP) is 5.43. The van der Waals surface area contributed by atoms with E-state index in [9.17, 15) is 32.6 Å². The number of aromatic hydroxyl groups is 1. The van der Waals surface area contributed by atoms with Crippen molar-refractivity contribution in [1.29, 1.82) is 0 Å². The third kappa shape index (κ3) is 4.27. The molecule has 0 aliphatic rings. The molecule has 0 saturated heterocycles. The van der Waals surface area contributed by atoms with Crippen LogP contribution in [0.4, 0.5) is 17.6 Å². The maximum absolute atomic E-state index is 14.3. The summed E-state index contributed by atoms with van der Waals surface area (Å²) in [5, 5.41) is 21.7. The van der Waals surface area contributed by atoms with Crippen LogP contribution in [0, 0.1) is 11.7 Å². The highest BCUT2D eigenvalue weighted by atomic mass is 35.5. The monoisotopic (exact) mass is 457 g/mol. The van der Waals surface area contributed by atoms with E-state index in [0.29, 0.717) is 0 Å². The van der Waals surface area contributed by atoms with E-state index in [1.807, 2.05) is 0 Å². The summed E-state index contributed by atoms with van der Waals surface area (Å²) < 4.78 is 58.1. The zero-order valence-corrected chi connectivity index (χ0v) is 17.4. The summed E-state index contributed by atoms with van der Waals surface area (Å²) in [6, 6.07) is 5.64. The standard InChI is InChI=1S/C22H20ClF4NO3/c1-12(2)11-21(31,22(25,26)27)20(16-10-14(24)4-6-18(16)29)28-8-7-19(30)15-9-13(23)3-5-17(15)28/h3-10,12,20,29,31H,11H2,1-2H3. The molecule has 2 aromatic carbocycles. The minimum atomic E-state index is -5.15. The van der Waals surface area contributed by atoms with Crippen molar-refractivity contribution in [2.75, 3.05) is 0 Å². The number of alkyl halides is 3. The van der Waals surface area contributed by atoms with Gasteiger partial charge in [-0.1, -0.05) is 25.4 Å². The highest BCUT2D eigenvalue weighted by Crippen LogP contribution is 2.48. The third-order valence-corrected chi connectivity index (χ3v) is 5.35. The molecule has 3 rings (SSSR count). The van der Waals surface area contributed by atoms with E-state index < -0.39 is 52.7 Å². The zero-order valence-electron chi connectivity index (χ0n) is 16.6. The molecule has 0 aliphatic heterocycles. The number of pyridine rings is 1. The van der Waals surface area contributed by atoms with Crippen molar-refractivity contribution in [3.05, 3.63) is 75.3 Å². The van der Waals surface area contributed by atoms with Gasteiger partial charge in [0.25, 0.3) is 0 Å². The molecule has 166 valence electrons. The molecule has 2 N–H and O–H groups in total. The second-order valence-electron chi connectivity index (χ2n) is 7.87. The largest absolute Gasteiger partial charge is 0.508 e. The lowest BCUT2D eigenvalue weighted by molar-refractivity contribution is -0.277. The molecule has 4 nitrogen and oxygen atoms in total. The molecule has 1 heterocycles. The van der Waals surface area contributed by atoms with Gasteiger partial charge in [0, 0.05) is 28.2 Å². The van der Waals surface area contributed by atoms with Crippen molar-refractivity contribution < 1.29 is 27.8 Å². The maximum Gasteiger partial charge on any atom is 0.419 e. The van der Waals surface area contributed by atoms with Gasteiger partial charge in [-0.15, -0.1) is 0 Å². The molecular weight excluding hydrogens is 438 g/mol. The molecule has 9 heteroatoms. The molecule has 0 bridgehead atoms. The number of aromatic nitrogens is 1. The number of phenolic OH excluding ortho intramolecular Hbond substituents is 1. The number of phenols is 1. The van der Waals surface area contributed by atoms with Gasteiger partial charge in [-0.05, 0) is 48.7 Å². The fraction of sp³-hybridized carbons (Fsp3) is 0.318. The number of halogens is 5. The SMILES string of the molecule is CC(C)CC(O)(C(c1cc(F)ccc1O)n1ccc(=O)c2cc(Cl)ccc21)C(F)(F)F. The van der Waals surface area contributed by atoms with E-state index in [1.165, 1.54) is 32.0 Å². The summed E-state index contributed by atoms with van der Waals surface area (Å²) in [4.78, 5) is 12.3. The summed E-state index contributed by atoms with van der Waals surface area (Å²) >= 11 is 5.95. The lowest BCUT2D eigenvalue weighted by atomic mass is 9.80. The van der Waals surface area contributed by atoms with Gasteiger partial charge in [0.2, 0.25) is 0 Å². The third-order valence-electron chi connectivity index (χ3n) is 5.11. The normalized spacial score (nSPS) is 15.3. The average Bonchev–Trinajstić information content (AvgIpc) is 2.65. The number of benzene rings is 2. The Labute approximate surface area is 180 Å². The van der Waals surface area contributed by atoms with Crippen LogP contribution in [-0.2, 0) is 0 Å². The molecule has 0 spiro atoms. The number of hydrogen-bond donors (Lipinski definition) is 2. The smallest absolute Gasteiger partial charge is 0.419 e. The van der Waals surface area contributed by atoms with Crippen LogP contribution in [0.2, 0.25) is 5.02 Å². The topological polar surface area (TPSA) is 62.5 Å². The Morgan fingerprint density at radius 1 is 1.10 bits per heavy atom. The molecule has 31 heavy (non-hydrogen) atoms. The van der Waals surface area contributed by atoms with Crippen molar-refractivity contribution in [3.8, 4) is 5.75 Å². The minimum absolute atomic E-state index is 0.0185. The first-order valence-corrected chi connectivity index (χ1v) is 9.81. The lowest BCUT2D eigenvalue weighted by Crippen LogP contribution is -2.53. The van der Waals surface area contributed by atoms with Crippen LogP contribution in [0.15, 0.2) is 53.5 Å². The van der Waals surface area contributed by atoms with Crippen LogP contribution in [0.1, 0.15) is 31.9 Å². The van der Waals surface area contributed by atoms with E-state index in [2.05, 4.69) is 0 Å². The molecule has 3 aromatic rings. The van der Waals surface area contributed by atoms with Gasteiger partial charge in [0.05, 0.1) is 11.6 Å². The van der Waals surface area contributed by atoms with Crippen LogP contribution < -0.4 is 5.43 Å². The summed E-state index contributed by atoms with van der Waals surface area (Å²) in [5.74, 6) is -2.12. The Morgan fingerprint density at radius 2 is 1.77 bits per heavy atom. The Hall–Kier alpha value is -2.58. The Balaban J connectivity index is 2.46. The van der Waals surface area contributed by atoms with Gasteiger partial charge < -0.3 is 14.8 Å². The number of hydrogen-bond acceptors (Lipinski definition) is 3. The summed E-state index contributed by atoms with van der Waals surface area (Å²) in [7, 11) is 0. The van der Waals surface area contributed by atoms with Crippen LogP contribution in [0.3, 0.4) is 0 Å². The highest BCUT2D eigenvalue weighted by Gasteiger charge is 2.60. The van der Waals surface area contributed by atoms with Crippen LogP contribution in [0.5, 0.6) is 5.75 Å². The first kappa shape index (κ1) is 23.1. The van der Waals surface area contributed by atoms with E-state index in [0.717, 1.165) is 35.0 Å². The number of aliphatic hydroxyl groups is 1. The van der Waals surface area contributed by atoms with Crippen molar-refractivity contribution in [3.63, 3.8) is 0 Å².